The Kier molecular flexibility index (Phi) is 4.92. The van der Waals surface area contributed by atoms with E-state index in [1.54, 1.807) is 25.8 Å². The molecule has 0 aromatic carbocycles. The summed E-state index contributed by atoms with van der Waals surface area (Å²) < 4.78 is 10.6. The Bertz CT molecular complexity index is 485. The summed E-state index contributed by atoms with van der Waals surface area (Å²) in [4.78, 5) is 8.58. The Balaban J connectivity index is 2.10. The first-order valence-corrected chi connectivity index (χ1v) is 6.45. The third kappa shape index (κ3) is 3.54. The number of furan rings is 1. The molecule has 0 saturated heterocycles. The molecule has 102 valence electrons. The van der Waals surface area contributed by atoms with E-state index in [2.05, 4.69) is 22.2 Å². The van der Waals surface area contributed by atoms with Crippen LogP contribution in [0, 0.1) is 0 Å². The van der Waals surface area contributed by atoms with Crippen molar-refractivity contribution in [1.82, 2.24) is 15.3 Å². The van der Waals surface area contributed by atoms with Crippen molar-refractivity contribution in [3.05, 3.63) is 42.2 Å². The first-order chi connectivity index (χ1) is 9.35. The van der Waals surface area contributed by atoms with E-state index < -0.39 is 0 Å². The fraction of sp³-hybridized carbons (Fsp3) is 0.429. The van der Waals surface area contributed by atoms with Gasteiger partial charge in [-0.1, -0.05) is 6.92 Å². The molecular weight excluding hydrogens is 242 g/mol. The normalized spacial score (nSPS) is 12.3. The fourth-order valence-corrected chi connectivity index (χ4v) is 2.06. The van der Waals surface area contributed by atoms with Crippen LogP contribution in [-0.4, -0.2) is 23.6 Å². The maximum Gasteiger partial charge on any atom is 0.236 e. The standard InChI is InChI=1S/C14H19N3O2/c1-3-15-12(7-6-11-5-4-10-19-11)13-14(18-2)17-9-8-16-13/h4-5,8-10,12,15H,3,6-7H2,1-2H3. The molecule has 19 heavy (non-hydrogen) atoms. The Morgan fingerprint density at radius 3 is 2.89 bits per heavy atom. The molecule has 0 aliphatic heterocycles. The maximum absolute atomic E-state index is 5.36. The van der Waals surface area contributed by atoms with Crippen molar-refractivity contribution in [2.24, 2.45) is 0 Å². The molecule has 5 heteroatoms. The highest BCUT2D eigenvalue weighted by Crippen LogP contribution is 2.24. The van der Waals surface area contributed by atoms with Crippen LogP contribution in [-0.2, 0) is 6.42 Å². The average Bonchev–Trinajstić information content (AvgIpc) is 2.96. The molecule has 2 aromatic rings. The molecule has 5 nitrogen and oxygen atoms in total. The van der Waals surface area contributed by atoms with Gasteiger partial charge in [0.2, 0.25) is 5.88 Å². The second kappa shape index (κ2) is 6.89. The van der Waals surface area contributed by atoms with Crippen LogP contribution in [0.15, 0.2) is 35.2 Å². The molecule has 1 unspecified atom stereocenters. The van der Waals surface area contributed by atoms with Crippen molar-refractivity contribution in [3.63, 3.8) is 0 Å². The van der Waals surface area contributed by atoms with Gasteiger partial charge < -0.3 is 14.5 Å². The predicted molar refractivity (Wildman–Crippen MR) is 72.0 cm³/mol. The van der Waals surface area contributed by atoms with Gasteiger partial charge in [0.05, 0.1) is 19.4 Å². The Morgan fingerprint density at radius 2 is 2.21 bits per heavy atom. The predicted octanol–water partition coefficient (Wildman–Crippen LogP) is 2.36. The highest BCUT2D eigenvalue weighted by molar-refractivity contribution is 5.21. The molecule has 1 atom stereocenters. The fourth-order valence-electron chi connectivity index (χ4n) is 2.06. The molecular formula is C14H19N3O2. The van der Waals surface area contributed by atoms with Crippen molar-refractivity contribution >= 4 is 0 Å². The second-order valence-electron chi connectivity index (χ2n) is 4.18. The summed E-state index contributed by atoms with van der Waals surface area (Å²) in [6, 6.07) is 4.00. The lowest BCUT2D eigenvalue weighted by molar-refractivity contribution is 0.371. The number of ether oxygens (including phenoxy) is 1. The number of hydrogen-bond donors (Lipinski definition) is 1. The van der Waals surface area contributed by atoms with Gasteiger partial charge in [0, 0.05) is 18.8 Å². The number of nitrogens with one attached hydrogen (secondary N) is 1. The van der Waals surface area contributed by atoms with E-state index in [1.807, 2.05) is 12.1 Å². The van der Waals surface area contributed by atoms with Gasteiger partial charge in [-0.15, -0.1) is 0 Å². The minimum absolute atomic E-state index is 0.110. The minimum Gasteiger partial charge on any atom is -0.480 e. The zero-order valence-corrected chi connectivity index (χ0v) is 11.3. The SMILES string of the molecule is CCNC(CCc1ccco1)c1nccnc1OC. The average molecular weight is 261 g/mol. The minimum atomic E-state index is 0.110. The van der Waals surface area contributed by atoms with Crippen LogP contribution >= 0.6 is 0 Å². The third-order valence-corrected chi connectivity index (χ3v) is 2.92. The van der Waals surface area contributed by atoms with Crippen LogP contribution in [0.4, 0.5) is 0 Å². The van der Waals surface area contributed by atoms with Gasteiger partial charge in [0.15, 0.2) is 0 Å². The molecule has 0 aliphatic carbocycles. The topological polar surface area (TPSA) is 60.2 Å². The van der Waals surface area contributed by atoms with E-state index in [0.717, 1.165) is 30.8 Å². The second-order valence-corrected chi connectivity index (χ2v) is 4.18. The van der Waals surface area contributed by atoms with Gasteiger partial charge in [0.25, 0.3) is 0 Å². The van der Waals surface area contributed by atoms with Crippen molar-refractivity contribution in [3.8, 4) is 5.88 Å². The lowest BCUT2D eigenvalue weighted by Crippen LogP contribution is -2.23. The van der Waals surface area contributed by atoms with Gasteiger partial charge in [-0.05, 0) is 25.1 Å². The highest BCUT2D eigenvalue weighted by Gasteiger charge is 2.18. The summed E-state index contributed by atoms with van der Waals surface area (Å²) in [5.74, 6) is 1.55. The van der Waals surface area contributed by atoms with Crippen molar-refractivity contribution in [1.29, 1.82) is 0 Å². The molecule has 0 fully saturated rings. The Morgan fingerprint density at radius 1 is 1.37 bits per heavy atom. The van der Waals surface area contributed by atoms with Crippen molar-refractivity contribution in [2.45, 2.75) is 25.8 Å². The molecule has 2 heterocycles. The molecule has 0 radical (unpaired) electrons. The van der Waals surface area contributed by atoms with E-state index in [-0.39, 0.29) is 6.04 Å². The number of aryl methyl sites for hydroxylation is 1. The van der Waals surface area contributed by atoms with Crippen LogP contribution in [0.3, 0.4) is 0 Å². The van der Waals surface area contributed by atoms with Crippen LogP contribution in [0.5, 0.6) is 5.88 Å². The quantitative estimate of drug-likeness (QED) is 0.829. The molecule has 0 bridgehead atoms. The number of rotatable bonds is 7. The molecule has 0 amide bonds. The number of aromatic nitrogens is 2. The zero-order valence-electron chi connectivity index (χ0n) is 11.3. The van der Waals surface area contributed by atoms with Crippen LogP contribution in [0.1, 0.15) is 30.8 Å². The van der Waals surface area contributed by atoms with E-state index in [1.165, 1.54) is 0 Å². The summed E-state index contributed by atoms with van der Waals surface area (Å²) in [6.45, 7) is 2.94. The summed E-state index contributed by atoms with van der Waals surface area (Å²) in [5, 5.41) is 3.41. The highest BCUT2D eigenvalue weighted by atomic mass is 16.5. The van der Waals surface area contributed by atoms with Gasteiger partial charge >= 0.3 is 0 Å². The first-order valence-electron chi connectivity index (χ1n) is 6.45. The number of methoxy groups -OCH3 is 1. The molecule has 1 N–H and O–H groups in total. The van der Waals surface area contributed by atoms with Crippen LogP contribution in [0.25, 0.3) is 0 Å². The zero-order chi connectivity index (χ0) is 13.5. The van der Waals surface area contributed by atoms with E-state index >= 15 is 0 Å². The summed E-state index contributed by atoms with van der Waals surface area (Å²) in [5.41, 5.74) is 0.846. The molecule has 2 aromatic heterocycles. The van der Waals surface area contributed by atoms with E-state index in [0.29, 0.717) is 5.88 Å². The van der Waals surface area contributed by atoms with Gasteiger partial charge in [-0.25, -0.2) is 4.98 Å². The lowest BCUT2D eigenvalue weighted by Gasteiger charge is -2.18. The third-order valence-electron chi connectivity index (χ3n) is 2.92. The van der Waals surface area contributed by atoms with Gasteiger partial charge in [-0.3, -0.25) is 4.98 Å². The van der Waals surface area contributed by atoms with Crippen LogP contribution < -0.4 is 10.1 Å². The first kappa shape index (κ1) is 13.5. The molecule has 0 aliphatic rings. The molecule has 0 saturated carbocycles. The Hall–Kier alpha value is -1.88. The van der Waals surface area contributed by atoms with Crippen molar-refractivity contribution in [2.75, 3.05) is 13.7 Å². The largest absolute Gasteiger partial charge is 0.480 e. The molecule has 0 spiro atoms. The summed E-state index contributed by atoms with van der Waals surface area (Å²) >= 11 is 0. The monoisotopic (exact) mass is 261 g/mol. The molecule has 2 rings (SSSR count). The van der Waals surface area contributed by atoms with Crippen LogP contribution in [0.2, 0.25) is 0 Å². The maximum atomic E-state index is 5.36. The Labute approximate surface area is 113 Å². The van der Waals surface area contributed by atoms with E-state index in [9.17, 15) is 0 Å². The summed E-state index contributed by atoms with van der Waals surface area (Å²) in [6.07, 6.45) is 6.76. The smallest absolute Gasteiger partial charge is 0.236 e. The number of nitrogens with zero attached hydrogens (tertiary/aromatic N) is 2. The van der Waals surface area contributed by atoms with E-state index in [4.69, 9.17) is 9.15 Å². The van der Waals surface area contributed by atoms with Crippen molar-refractivity contribution < 1.29 is 9.15 Å². The number of hydrogen-bond acceptors (Lipinski definition) is 5. The lowest BCUT2D eigenvalue weighted by atomic mass is 10.1. The van der Waals surface area contributed by atoms with Gasteiger partial charge in [-0.2, -0.15) is 0 Å². The van der Waals surface area contributed by atoms with Gasteiger partial charge in [0.1, 0.15) is 11.5 Å². The summed E-state index contributed by atoms with van der Waals surface area (Å²) in [7, 11) is 1.61.